The number of likely N-dealkylation sites (N-methyl/N-ethyl adjacent to an activating group) is 1. The molecule has 0 aliphatic rings. The third-order valence-electron chi connectivity index (χ3n) is 2.68. The average molecular weight is 264 g/mol. The lowest BCUT2D eigenvalue weighted by atomic mass is 10.1. The first-order chi connectivity index (χ1) is 8.93. The molecule has 0 saturated carbocycles. The van der Waals surface area contributed by atoms with Crippen molar-refractivity contribution in [2.75, 3.05) is 12.4 Å². The van der Waals surface area contributed by atoms with Crippen molar-refractivity contribution < 1.29 is 9.59 Å². The van der Waals surface area contributed by atoms with Gasteiger partial charge >= 0.3 is 6.03 Å². The summed E-state index contributed by atoms with van der Waals surface area (Å²) in [6, 6.07) is 6.17. The van der Waals surface area contributed by atoms with Gasteiger partial charge in [-0.1, -0.05) is 12.1 Å². The molecule has 0 aliphatic heterocycles. The van der Waals surface area contributed by atoms with E-state index in [4.69, 9.17) is 5.73 Å². The summed E-state index contributed by atoms with van der Waals surface area (Å²) in [6.07, 6.45) is 0. The van der Waals surface area contributed by atoms with Gasteiger partial charge in [-0.05, 0) is 31.5 Å². The Kier molecular flexibility index (Phi) is 5.32. The van der Waals surface area contributed by atoms with E-state index in [2.05, 4.69) is 16.0 Å². The Bertz CT molecular complexity index is 442. The Hall–Kier alpha value is -2.08. The predicted octanol–water partition coefficient (Wildman–Crippen LogP) is 0.962. The van der Waals surface area contributed by atoms with Crippen LogP contribution in [0.25, 0.3) is 0 Å². The first kappa shape index (κ1) is 15.0. The minimum atomic E-state index is -0.590. The Balaban J connectivity index is 2.55. The lowest BCUT2D eigenvalue weighted by molar-refractivity contribution is -0.122. The van der Waals surface area contributed by atoms with Crippen molar-refractivity contribution in [1.82, 2.24) is 10.6 Å². The SMILES string of the molecule is CNC(=O)C(C)NC(=O)Nc1ccc(C(C)N)cc1. The lowest BCUT2D eigenvalue weighted by Gasteiger charge is -2.13. The molecule has 0 saturated heterocycles. The van der Waals surface area contributed by atoms with Gasteiger partial charge < -0.3 is 21.7 Å². The van der Waals surface area contributed by atoms with Crippen LogP contribution in [0.3, 0.4) is 0 Å². The summed E-state index contributed by atoms with van der Waals surface area (Å²) in [5.41, 5.74) is 7.37. The number of amides is 3. The summed E-state index contributed by atoms with van der Waals surface area (Å²) in [4.78, 5) is 22.9. The fourth-order valence-electron chi connectivity index (χ4n) is 1.52. The van der Waals surface area contributed by atoms with E-state index >= 15 is 0 Å². The van der Waals surface area contributed by atoms with Gasteiger partial charge in [0, 0.05) is 18.8 Å². The van der Waals surface area contributed by atoms with Crippen LogP contribution in [0.4, 0.5) is 10.5 Å². The zero-order valence-electron chi connectivity index (χ0n) is 11.4. The highest BCUT2D eigenvalue weighted by molar-refractivity contribution is 5.93. The van der Waals surface area contributed by atoms with Gasteiger partial charge in [-0.3, -0.25) is 4.79 Å². The van der Waals surface area contributed by atoms with E-state index < -0.39 is 12.1 Å². The second kappa shape index (κ2) is 6.75. The van der Waals surface area contributed by atoms with E-state index in [1.807, 2.05) is 19.1 Å². The van der Waals surface area contributed by atoms with E-state index in [0.717, 1.165) is 5.56 Å². The van der Waals surface area contributed by atoms with E-state index in [-0.39, 0.29) is 11.9 Å². The van der Waals surface area contributed by atoms with Crippen LogP contribution in [0.15, 0.2) is 24.3 Å². The number of rotatable bonds is 4. The second-order valence-corrected chi connectivity index (χ2v) is 4.35. The molecule has 0 spiro atoms. The van der Waals surface area contributed by atoms with Gasteiger partial charge in [0.15, 0.2) is 0 Å². The van der Waals surface area contributed by atoms with Crippen molar-refractivity contribution in [2.45, 2.75) is 25.9 Å². The number of hydrogen-bond acceptors (Lipinski definition) is 3. The van der Waals surface area contributed by atoms with E-state index in [9.17, 15) is 9.59 Å². The van der Waals surface area contributed by atoms with Crippen molar-refractivity contribution in [2.24, 2.45) is 5.73 Å². The Morgan fingerprint density at radius 1 is 1.16 bits per heavy atom. The van der Waals surface area contributed by atoms with E-state index in [1.165, 1.54) is 7.05 Å². The normalized spacial score (nSPS) is 13.3. The maximum absolute atomic E-state index is 11.6. The van der Waals surface area contributed by atoms with Crippen molar-refractivity contribution in [3.8, 4) is 0 Å². The molecule has 1 aromatic rings. The minimum Gasteiger partial charge on any atom is -0.357 e. The van der Waals surface area contributed by atoms with Crippen LogP contribution < -0.4 is 21.7 Å². The molecule has 104 valence electrons. The monoisotopic (exact) mass is 264 g/mol. The Morgan fingerprint density at radius 3 is 2.21 bits per heavy atom. The van der Waals surface area contributed by atoms with Crippen LogP contribution in [-0.2, 0) is 4.79 Å². The van der Waals surface area contributed by atoms with Gasteiger partial charge in [-0.25, -0.2) is 4.79 Å². The Morgan fingerprint density at radius 2 is 1.74 bits per heavy atom. The van der Waals surface area contributed by atoms with Crippen molar-refractivity contribution >= 4 is 17.6 Å². The van der Waals surface area contributed by atoms with Gasteiger partial charge in [-0.2, -0.15) is 0 Å². The maximum atomic E-state index is 11.6. The molecule has 1 rings (SSSR count). The lowest BCUT2D eigenvalue weighted by Crippen LogP contribution is -2.45. The average Bonchev–Trinajstić information content (AvgIpc) is 2.38. The second-order valence-electron chi connectivity index (χ2n) is 4.35. The molecule has 19 heavy (non-hydrogen) atoms. The molecular weight excluding hydrogens is 244 g/mol. The van der Waals surface area contributed by atoms with Gasteiger partial charge in [0.2, 0.25) is 5.91 Å². The molecular formula is C13H20N4O2. The zero-order chi connectivity index (χ0) is 14.4. The van der Waals surface area contributed by atoms with Crippen LogP contribution in [0.5, 0.6) is 0 Å². The fraction of sp³-hybridized carbons (Fsp3) is 0.385. The summed E-state index contributed by atoms with van der Waals surface area (Å²) in [7, 11) is 1.52. The molecule has 1 aromatic carbocycles. The van der Waals surface area contributed by atoms with Crippen LogP contribution in [0, 0.1) is 0 Å². The third kappa shape index (κ3) is 4.59. The third-order valence-corrected chi connectivity index (χ3v) is 2.68. The molecule has 0 aliphatic carbocycles. The number of urea groups is 1. The number of hydrogen-bond donors (Lipinski definition) is 4. The van der Waals surface area contributed by atoms with Gasteiger partial charge in [0.1, 0.15) is 6.04 Å². The van der Waals surface area contributed by atoms with Crippen LogP contribution in [-0.4, -0.2) is 25.0 Å². The van der Waals surface area contributed by atoms with Gasteiger partial charge in [-0.15, -0.1) is 0 Å². The van der Waals surface area contributed by atoms with Crippen LogP contribution in [0.1, 0.15) is 25.5 Å². The zero-order valence-corrected chi connectivity index (χ0v) is 11.4. The molecule has 2 unspecified atom stereocenters. The Labute approximate surface area is 112 Å². The minimum absolute atomic E-state index is 0.0452. The first-order valence-electron chi connectivity index (χ1n) is 6.08. The summed E-state index contributed by atoms with van der Waals surface area (Å²) in [6.45, 7) is 3.50. The summed E-state index contributed by atoms with van der Waals surface area (Å²) < 4.78 is 0. The highest BCUT2D eigenvalue weighted by Crippen LogP contribution is 2.13. The van der Waals surface area contributed by atoms with Gasteiger partial charge in [0.05, 0.1) is 0 Å². The molecule has 0 bridgehead atoms. The number of nitrogens with two attached hydrogens (primary N) is 1. The summed E-state index contributed by atoms with van der Waals surface area (Å²) >= 11 is 0. The molecule has 0 radical (unpaired) electrons. The smallest absolute Gasteiger partial charge is 0.319 e. The molecule has 6 nitrogen and oxygen atoms in total. The number of carbonyl (C=O) groups is 2. The standard InChI is InChI=1S/C13H20N4O2/c1-8(14)10-4-6-11(7-5-10)17-13(19)16-9(2)12(18)15-3/h4-9H,14H2,1-3H3,(H,15,18)(H2,16,17,19). The van der Waals surface area contributed by atoms with Crippen LogP contribution >= 0.6 is 0 Å². The van der Waals surface area contributed by atoms with Crippen molar-refractivity contribution in [3.05, 3.63) is 29.8 Å². The predicted molar refractivity (Wildman–Crippen MR) is 74.7 cm³/mol. The number of anilines is 1. The number of carbonyl (C=O) groups excluding carboxylic acids is 2. The quantitative estimate of drug-likeness (QED) is 0.652. The van der Waals surface area contributed by atoms with E-state index in [1.54, 1.807) is 19.1 Å². The fourth-order valence-corrected chi connectivity index (χ4v) is 1.52. The molecule has 5 N–H and O–H groups in total. The van der Waals surface area contributed by atoms with Crippen molar-refractivity contribution in [3.63, 3.8) is 0 Å². The molecule has 6 heteroatoms. The molecule has 3 amide bonds. The highest BCUT2D eigenvalue weighted by atomic mass is 16.2. The number of benzene rings is 1. The summed E-state index contributed by atoms with van der Waals surface area (Å²) in [5.74, 6) is -0.248. The molecule has 2 atom stereocenters. The van der Waals surface area contributed by atoms with Crippen LogP contribution in [0.2, 0.25) is 0 Å². The van der Waals surface area contributed by atoms with Crippen molar-refractivity contribution in [1.29, 1.82) is 0 Å². The maximum Gasteiger partial charge on any atom is 0.319 e. The summed E-state index contributed by atoms with van der Waals surface area (Å²) in [5, 5.41) is 7.64. The van der Waals surface area contributed by atoms with E-state index in [0.29, 0.717) is 5.69 Å². The highest BCUT2D eigenvalue weighted by Gasteiger charge is 2.13. The molecule has 0 fully saturated rings. The largest absolute Gasteiger partial charge is 0.357 e. The number of nitrogens with one attached hydrogen (secondary N) is 3. The molecule has 0 heterocycles. The first-order valence-corrected chi connectivity index (χ1v) is 6.08. The molecule has 0 aromatic heterocycles. The van der Waals surface area contributed by atoms with Gasteiger partial charge in [0.25, 0.3) is 0 Å². The topological polar surface area (TPSA) is 96.2 Å².